The molecule has 1 fully saturated rings. The first-order valence-electron chi connectivity index (χ1n) is 10.7. The number of hydrogen-bond acceptors (Lipinski definition) is 5. The molecule has 6 heteroatoms. The van der Waals surface area contributed by atoms with Gasteiger partial charge in [0.25, 0.3) is 0 Å². The molecule has 1 aromatic heterocycles. The van der Waals surface area contributed by atoms with Gasteiger partial charge in [-0.2, -0.15) is 0 Å². The Morgan fingerprint density at radius 3 is 2.83 bits per heavy atom. The molecule has 5 nitrogen and oxygen atoms in total. The van der Waals surface area contributed by atoms with E-state index in [9.17, 15) is 4.79 Å². The monoisotopic (exact) mass is 412 g/mol. The van der Waals surface area contributed by atoms with Gasteiger partial charge in [0.2, 0.25) is 12.7 Å². The molecule has 1 atom stereocenters. The number of likely N-dealkylation sites (tertiary alicyclic amines) is 1. The van der Waals surface area contributed by atoms with Crippen molar-refractivity contribution < 1.29 is 14.3 Å². The van der Waals surface area contributed by atoms with Crippen molar-refractivity contribution in [1.29, 1.82) is 0 Å². The van der Waals surface area contributed by atoms with Gasteiger partial charge in [0.1, 0.15) is 0 Å². The second kappa shape index (κ2) is 8.36. The lowest BCUT2D eigenvalue weighted by Gasteiger charge is -2.35. The lowest BCUT2D eigenvalue weighted by molar-refractivity contribution is -0.131. The number of piperidine rings is 1. The summed E-state index contributed by atoms with van der Waals surface area (Å²) in [6, 6.07) is 8.44. The summed E-state index contributed by atoms with van der Waals surface area (Å²) >= 11 is 1.85. The minimum Gasteiger partial charge on any atom is -0.454 e. The molecule has 0 saturated carbocycles. The summed E-state index contributed by atoms with van der Waals surface area (Å²) in [6.45, 7) is 5.39. The van der Waals surface area contributed by atoms with Gasteiger partial charge in [-0.3, -0.25) is 4.79 Å². The number of thiophene rings is 1. The van der Waals surface area contributed by atoms with Gasteiger partial charge in [-0.15, -0.1) is 11.3 Å². The SMILES string of the molecule is O=C1Cc2cc3c(cc2CCN1CC1CCCN(CCc2cccs2)C1)OCO3. The maximum atomic E-state index is 13.0. The molecule has 1 amide bonds. The van der Waals surface area contributed by atoms with Gasteiger partial charge in [-0.25, -0.2) is 0 Å². The predicted octanol–water partition coefficient (Wildman–Crippen LogP) is 3.36. The van der Waals surface area contributed by atoms with Crippen LogP contribution in [0.3, 0.4) is 0 Å². The molecule has 154 valence electrons. The molecular weight excluding hydrogens is 384 g/mol. The van der Waals surface area contributed by atoms with Crippen molar-refractivity contribution in [3.63, 3.8) is 0 Å². The predicted molar refractivity (Wildman–Crippen MR) is 114 cm³/mol. The maximum absolute atomic E-state index is 13.0. The van der Waals surface area contributed by atoms with Gasteiger partial charge in [0, 0.05) is 31.1 Å². The van der Waals surface area contributed by atoms with Gasteiger partial charge >= 0.3 is 0 Å². The highest BCUT2D eigenvalue weighted by Gasteiger charge is 2.28. The van der Waals surface area contributed by atoms with Crippen LogP contribution in [0.2, 0.25) is 0 Å². The van der Waals surface area contributed by atoms with E-state index in [1.165, 1.54) is 29.8 Å². The summed E-state index contributed by atoms with van der Waals surface area (Å²) < 4.78 is 11.0. The van der Waals surface area contributed by atoms with Gasteiger partial charge in [0.15, 0.2) is 11.5 Å². The molecule has 3 aliphatic rings. The van der Waals surface area contributed by atoms with Crippen LogP contribution in [-0.2, 0) is 24.1 Å². The highest BCUT2D eigenvalue weighted by molar-refractivity contribution is 7.09. The van der Waals surface area contributed by atoms with E-state index >= 15 is 0 Å². The normalized spacial score (nSPS) is 21.9. The van der Waals surface area contributed by atoms with Crippen LogP contribution >= 0.6 is 11.3 Å². The van der Waals surface area contributed by atoms with Gasteiger partial charge in [-0.05, 0) is 72.9 Å². The number of nitrogens with zero attached hydrogens (tertiary/aromatic N) is 2. The molecule has 5 rings (SSSR count). The standard InChI is InChI=1S/C23H28N2O3S/c26-23-13-19-12-22-21(27-16-28-22)11-18(19)5-9-25(23)15-17-3-1-7-24(14-17)8-6-20-4-2-10-29-20/h2,4,10-12,17H,1,3,5-9,13-16H2. The van der Waals surface area contributed by atoms with Crippen LogP contribution in [0.15, 0.2) is 29.6 Å². The summed E-state index contributed by atoms with van der Waals surface area (Å²) in [7, 11) is 0. The van der Waals surface area contributed by atoms with E-state index in [-0.39, 0.29) is 12.7 Å². The largest absolute Gasteiger partial charge is 0.454 e. The Morgan fingerprint density at radius 2 is 2.00 bits per heavy atom. The number of hydrogen-bond donors (Lipinski definition) is 0. The van der Waals surface area contributed by atoms with E-state index in [0.717, 1.165) is 56.1 Å². The minimum absolute atomic E-state index is 0.248. The number of amides is 1. The van der Waals surface area contributed by atoms with Crippen molar-refractivity contribution in [1.82, 2.24) is 9.80 Å². The first kappa shape index (κ1) is 18.9. The Morgan fingerprint density at radius 1 is 1.14 bits per heavy atom. The van der Waals surface area contributed by atoms with Crippen LogP contribution < -0.4 is 9.47 Å². The average Bonchev–Trinajstić information content (AvgIpc) is 3.38. The van der Waals surface area contributed by atoms with Crippen LogP contribution in [0.1, 0.15) is 28.8 Å². The number of ether oxygens (including phenoxy) is 2. The van der Waals surface area contributed by atoms with E-state index in [2.05, 4.69) is 33.4 Å². The fraction of sp³-hybridized carbons (Fsp3) is 0.522. The second-order valence-electron chi connectivity index (χ2n) is 8.38. The molecular formula is C23H28N2O3S. The molecule has 1 aromatic carbocycles. The molecule has 2 aromatic rings. The molecule has 0 spiro atoms. The zero-order valence-corrected chi connectivity index (χ0v) is 17.6. The van der Waals surface area contributed by atoms with Crippen LogP contribution in [0.5, 0.6) is 11.5 Å². The van der Waals surface area contributed by atoms with Gasteiger partial charge < -0.3 is 19.3 Å². The topological polar surface area (TPSA) is 42.0 Å². The van der Waals surface area contributed by atoms with Crippen molar-refractivity contribution in [3.8, 4) is 11.5 Å². The van der Waals surface area contributed by atoms with E-state index in [0.29, 0.717) is 12.3 Å². The first-order valence-corrected chi connectivity index (χ1v) is 11.6. The number of carbonyl (C=O) groups excluding carboxylic acids is 1. The fourth-order valence-corrected chi connectivity index (χ4v) is 5.51. The summed E-state index contributed by atoms with van der Waals surface area (Å²) in [5.41, 5.74) is 2.33. The maximum Gasteiger partial charge on any atom is 0.231 e. The van der Waals surface area contributed by atoms with Crippen molar-refractivity contribution in [2.75, 3.05) is 39.5 Å². The summed E-state index contributed by atoms with van der Waals surface area (Å²) in [4.78, 5) is 19.1. The Kier molecular flexibility index (Phi) is 5.46. The zero-order chi connectivity index (χ0) is 19.6. The van der Waals surface area contributed by atoms with Crippen LogP contribution in [0.25, 0.3) is 0 Å². The third-order valence-corrected chi connectivity index (χ3v) is 7.31. The summed E-state index contributed by atoms with van der Waals surface area (Å²) in [5.74, 6) is 2.42. The molecule has 0 radical (unpaired) electrons. The molecule has 3 aliphatic heterocycles. The number of rotatable bonds is 5. The van der Waals surface area contributed by atoms with Crippen molar-refractivity contribution in [2.45, 2.75) is 32.1 Å². The van der Waals surface area contributed by atoms with E-state index in [1.807, 2.05) is 17.4 Å². The minimum atomic E-state index is 0.248. The number of benzene rings is 1. The quantitative estimate of drug-likeness (QED) is 0.755. The smallest absolute Gasteiger partial charge is 0.231 e. The van der Waals surface area contributed by atoms with Gasteiger partial charge in [-0.1, -0.05) is 6.07 Å². The summed E-state index contributed by atoms with van der Waals surface area (Å²) in [6.07, 6.45) is 4.96. The van der Waals surface area contributed by atoms with Gasteiger partial charge in [0.05, 0.1) is 6.42 Å². The van der Waals surface area contributed by atoms with Crippen LogP contribution in [0, 0.1) is 5.92 Å². The van der Waals surface area contributed by atoms with E-state index in [4.69, 9.17) is 9.47 Å². The van der Waals surface area contributed by atoms with E-state index < -0.39 is 0 Å². The fourth-order valence-electron chi connectivity index (χ4n) is 4.81. The number of carbonyl (C=O) groups is 1. The lowest BCUT2D eigenvalue weighted by Crippen LogP contribution is -2.43. The third kappa shape index (κ3) is 4.28. The lowest BCUT2D eigenvalue weighted by atomic mass is 9.97. The average molecular weight is 413 g/mol. The molecule has 0 aliphatic carbocycles. The summed E-state index contributed by atoms with van der Waals surface area (Å²) in [5, 5.41) is 2.16. The number of fused-ring (bicyclic) bond motifs is 2. The van der Waals surface area contributed by atoms with Crippen molar-refractivity contribution >= 4 is 17.2 Å². The Hall–Kier alpha value is -2.05. The van der Waals surface area contributed by atoms with Crippen LogP contribution in [-0.4, -0.2) is 55.2 Å². The highest BCUT2D eigenvalue weighted by atomic mass is 32.1. The highest BCUT2D eigenvalue weighted by Crippen LogP contribution is 2.36. The Labute approximate surface area is 176 Å². The van der Waals surface area contributed by atoms with Crippen molar-refractivity contribution in [3.05, 3.63) is 45.6 Å². The Balaban J connectivity index is 1.18. The first-order chi connectivity index (χ1) is 14.2. The third-order valence-electron chi connectivity index (χ3n) is 6.38. The van der Waals surface area contributed by atoms with E-state index in [1.54, 1.807) is 0 Å². The molecule has 29 heavy (non-hydrogen) atoms. The molecule has 1 saturated heterocycles. The molecule has 0 N–H and O–H groups in total. The second-order valence-corrected chi connectivity index (χ2v) is 9.41. The van der Waals surface area contributed by atoms with Crippen molar-refractivity contribution in [2.24, 2.45) is 5.92 Å². The molecule has 4 heterocycles. The van der Waals surface area contributed by atoms with Crippen LogP contribution in [0.4, 0.5) is 0 Å². The molecule has 1 unspecified atom stereocenters. The Bertz CT molecular complexity index is 867. The zero-order valence-electron chi connectivity index (χ0n) is 16.8. The molecule has 0 bridgehead atoms.